The number of methoxy groups -OCH3 is 1. The van der Waals surface area contributed by atoms with Gasteiger partial charge in [0.2, 0.25) is 5.91 Å². The van der Waals surface area contributed by atoms with Crippen LogP contribution < -0.4 is 4.74 Å². The summed E-state index contributed by atoms with van der Waals surface area (Å²) in [5, 5.41) is 0. The van der Waals surface area contributed by atoms with E-state index in [4.69, 9.17) is 9.47 Å². The second-order valence-electron chi connectivity index (χ2n) is 8.32. The SMILES string of the molecule is COc1cccc(C2CCN(C(=O)[C@@H]3C[C@H]3C3CCCO3)C2(C)C)c1. The van der Waals surface area contributed by atoms with Crippen LogP contribution in [0.15, 0.2) is 24.3 Å². The lowest BCUT2D eigenvalue weighted by Crippen LogP contribution is -2.46. The second-order valence-corrected chi connectivity index (χ2v) is 8.32. The summed E-state index contributed by atoms with van der Waals surface area (Å²) in [4.78, 5) is 15.3. The van der Waals surface area contributed by atoms with Gasteiger partial charge in [-0.3, -0.25) is 4.79 Å². The van der Waals surface area contributed by atoms with Crippen LogP contribution in [0.4, 0.5) is 0 Å². The Hall–Kier alpha value is -1.55. The predicted octanol–water partition coefficient (Wildman–Crippen LogP) is 3.60. The van der Waals surface area contributed by atoms with Gasteiger partial charge in [0.25, 0.3) is 0 Å². The summed E-state index contributed by atoms with van der Waals surface area (Å²) < 4.78 is 11.2. The van der Waals surface area contributed by atoms with Crippen LogP contribution in [0.1, 0.15) is 51.0 Å². The number of rotatable bonds is 4. The first kappa shape index (κ1) is 16.9. The molecule has 4 atom stereocenters. The molecule has 0 radical (unpaired) electrons. The minimum absolute atomic E-state index is 0.160. The molecule has 3 aliphatic rings. The Kier molecular flexibility index (Phi) is 4.27. The minimum atomic E-state index is -0.160. The maximum absolute atomic E-state index is 13.1. The maximum atomic E-state index is 13.1. The summed E-state index contributed by atoms with van der Waals surface area (Å²) >= 11 is 0. The fraction of sp³-hybridized carbons (Fsp3) is 0.667. The number of amides is 1. The highest BCUT2D eigenvalue weighted by atomic mass is 16.5. The lowest BCUT2D eigenvalue weighted by Gasteiger charge is -2.36. The van der Waals surface area contributed by atoms with Crippen LogP contribution in [-0.2, 0) is 9.53 Å². The molecule has 0 aromatic heterocycles. The monoisotopic (exact) mass is 343 g/mol. The molecule has 1 amide bonds. The Bertz CT molecular complexity index is 650. The Morgan fingerprint density at radius 2 is 2.16 bits per heavy atom. The van der Waals surface area contributed by atoms with Gasteiger partial charge in [-0.15, -0.1) is 0 Å². The Morgan fingerprint density at radius 3 is 2.88 bits per heavy atom. The Balaban J connectivity index is 1.47. The molecular formula is C21H29NO3. The molecule has 136 valence electrons. The number of benzene rings is 1. The predicted molar refractivity (Wildman–Crippen MR) is 96.7 cm³/mol. The molecule has 1 aromatic rings. The van der Waals surface area contributed by atoms with Crippen molar-refractivity contribution >= 4 is 5.91 Å². The van der Waals surface area contributed by atoms with Gasteiger partial charge in [0.1, 0.15) is 5.75 Å². The van der Waals surface area contributed by atoms with Gasteiger partial charge in [0, 0.05) is 30.5 Å². The van der Waals surface area contributed by atoms with Crippen LogP contribution in [-0.4, -0.2) is 42.7 Å². The van der Waals surface area contributed by atoms with E-state index in [1.54, 1.807) is 7.11 Å². The van der Waals surface area contributed by atoms with Crippen molar-refractivity contribution in [3.63, 3.8) is 0 Å². The smallest absolute Gasteiger partial charge is 0.226 e. The summed E-state index contributed by atoms with van der Waals surface area (Å²) in [6.07, 6.45) is 4.64. The van der Waals surface area contributed by atoms with E-state index in [1.807, 2.05) is 12.1 Å². The third kappa shape index (κ3) is 2.95. The molecule has 3 fully saturated rings. The van der Waals surface area contributed by atoms with Crippen molar-refractivity contribution in [3.05, 3.63) is 29.8 Å². The zero-order chi connectivity index (χ0) is 17.6. The lowest BCUT2D eigenvalue weighted by atomic mass is 9.82. The molecule has 1 aromatic carbocycles. The van der Waals surface area contributed by atoms with E-state index in [9.17, 15) is 4.79 Å². The molecule has 4 nitrogen and oxygen atoms in total. The molecule has 1 saturated carbocycles. The molecule has 2 unspecified atom stereocenters. The standard InChI is InChI=1S/C21H29NO3/c1-21(2)18(14-6-4-7-15(12-14)24-3)9-10-22(21)20(23)17-13-16(17)19-8-5-11-25-19/h4,6-7,12,16-19H,5,8-11,13H2,1-3H3/t16-,17-,18?,19?/m1/s1. The van der Waals surface area contributed by atoms with Crippen molar-refractivity contribution in [1.29, 1.82) is 0 Å². The van der Waals surface area contributed by atoms with E-state index in [-0.39, 0.29) is 11.5 Å². The van der Waals surface area contributed by atoms with E-state index in [2.05, 4.69) is 30.9 Å². The van der Waals surface area contributed by atoms with Crippen LogP contribution in [0.25, 0.3) is 0 Å². The molecule has 1 aliphatic carbocycles. The molecule has 2 aliphatic heterocycles. The maximum Gasteiger partial charge on any atom is 0.226 e. The topological polar surface area (TPSA) is 38.8 Å². The Morgan fingerprint density at radius 1 is 1.32 bits per heavy atom. The van der Waals surface area contributed by atoms with Gasteiger partial charge in [-0.2, -0.15) is 0 Å². The second kappa shape index (κ2) is 6.31. The third-order valence-electron chi connectivity index (χ3n) is 6.55. The van der Waals surface area contributed by atoms with Crippen LogP contribution in [0.5, 0.6) is 5.75 Å². The quantitative estimate of drug-likeness (QED) is 0.838. The molecule has 2 heterocycles. The number of nitrogens with zero attached hydrogens (tertiary/aromatic N) is 1. The molecule has 4 heteroatoms. The zero-order valence-corrected chi connectivity index (χ0v) is 15.5. The largest absolute Gasteiger partial charge is 0.497 e. The zero-order valence-electron chi connectivity index (χ0n) is 15.5. The molecule has 4 rings (SSSR count). The van der Waals surface area contributed by atoms with Crippen LogP contribution in [0, 0.1) is 11.8 Å². The van der Waals surface area contributed by atoms with E-state index in [1.165, 1.54) is 5.56 Å². The average molecular weight is 343 g/mol. The normalized spacial score (nSPS) is 33.5. The first-order chi connectivity index (χ1) is 12.0. The van der Waals surface area contributed by atoms with Gasteiger partial charge >= 0.3 is 0 Å². The molecule has 25 heavy (non-hydrogen) atoms. The fourth-order valence-electron chi connectivity index (χ4n) is 4.96. The Labute approximate surface area is 150 Å². The average Bonchev–Trinajstić information content (AvgIpc) is 3.08. The van der Waals surface area contributed by atoms with Gasteiger partial charge in [0.05, 0.1) is 13.2 Å². The summed E-state index contributed by atoms with van der Waals surface area (Å²) in [5.74, 6) is 2.23. The number of ether oxygens (including phenoxy) is 2. The van der Waals surface area contributed by atoms with E-state index < -0.39 is 0 Å². The molecule has 0 bridgehead atoms. The first-order valence-electron chi connectivity index (χ1n) is 9.59. The van der Waals surface area contributed by atoms with Crippen molar-refractivity contribution in [2.75, 3.05) is 20.3 Å². The number of hydrogen-bond acceptors (Lipinski definition) is 3. The summed E-state index contributed by atoms with van der Waals surface area (Å²) in [7, 11) is 1.70. The van der Waals surface area contributed by atoms with Crippen molar-refractivity contribution < 1.29 is 14.3 Å². The van der Waals surface area contributed by atoms with Crippen molar-refractivity contribution in [1.82, 2.24) is 4.90 Å². The van der Waals surface area contributed by atoms with Crippen LogP contribution in [0.2, 0.25) is 0 Å². The van der Waals surface area contributed by atoms with Crippen molar-refractivity contribution in [2.24, 2.45) is 11.8 Å². The summed E-state index contributed by atoms with van der Waals surface area (Å²) in [6.45, 7) is 6.15. The molecule has 0 spiro atoms. The minimum Gasteiger partial charge on any atom is -0.497 e. The van der Waals surface area contributed by atoms with E-state index in [0.29, 0.717) is 23.8 Å². The van der Waals surface area contributed by atoms with Gasteiger partial charge < -0.3 is 14.4 Å². The number of hydrogen-bond donors (Lipinski definition) is 0. The highest BCUT2D eigenvalue weighted by Crippen LogP contribution is 2.50. The van der Waals surface area contributed by atoms with Gasteiger partial charge in [-0.1, -0.05) is 12.1 Å². The van der Waals surface area contributed by atoms with Crippen molar-refractivity contribution in [2.45, 2.75) is 57.1 Å². The molecular weight excluding hydrogens is 314 g/mol. The first-order valence-corrected chi connectivity index (χ1v) is 9.59. The fourth-order valence-corrected chi connectivity index (χ4v) is 4.96. The highest BCUT2D eigenvalue weighted by Gasteiger charge is 2.54. The van der Waals surface area contributed by atoms with Gasteiger partial charge in [-0.05, 0) is 63.1 Å². The van der Waals surface area contributed by atoms with Gasteiger partial charge in [-0.25, -0.2) is 0 Å². The van der Waals surface area contributed by atoms with Crippen molar-refractivity contribution in [3.8, 4) is 5.75 Å². The van der Waals surface area contributed by atoms with Gasteiger partial charge in [0.15, 0.2) is 0 Å². The van der Waals surface area contributed by atoms with Crippen LogP contribution in [0.3, 0.4) is 0 Å². The summed E-state index contributed by atoms with van der Waals surface area (Å²) in [6, 6.07) is 8.30. The number of likely N-dealkylation sites (tertiary alicyclic amines) is 1. The summed E-state index contributed by atoms with van der Waals surface area (Å²) in [5.41, 5.74) is 1.11. The molecule has 2 saturated heterocycles. The third-order valence-corrected chi connectivity index (χ3v) is 6.55. The number of carbonyl (C=O) groups is 1. The van der Waals surface area contributed by atoms with Crippen LogP contribution >= 0.6 is 0 Å². The number of carbonyl (C=O) groups excluding carboxylic acids is 1. The highest BCUT2D eigenvalue weighted by molar-refractivity contribution is 5.83. The lowest BCUT2D eigenvalue weighted by molar-refractivity contribution is -0.136. The molecule has 0 N–H and O–H groups in total. The van der Waals surface area contributed by atoms with E-state index in [0.717, 1.165) is 44.6 Å². The van der Waals surface area contributed by atoms with E-state index >= 15 is 0 Å².